The third-order valence-corrected chi connectivity index (χ3v) is 9.41. The number of rotatable bonds is 9. The van der Waals surface area contributed by atoms with Crippen molar-refractivity contribution in [2.45, 2.75) is 36.5 Å². The van der Waals surface area contributed by atoms with Gasteiger partial charge in [-0.2, -0.15) is 0 Å². The van der Waals surface area contributed by atoms with E-state index in [1.807, 2.05) is 60.7 Å². The highest BCUT2D eigenvalue weighted by Gasteiger charge is 2.38. The first-order valence-electron chi connectivity index (χ1n) is 13.7. The van der Waals surface area contributed by atoms with Crippen LogP contribution in [0.2, 0.25) is 0 Å². The fraction of sp³-hybridized carbons (Fsp3) is 0.250. The van der Waals surface area contributed by atoms with E-state index in [0.717, 1.165) is 33.8 Å². The minimum Gasteiger partial charge on any atom is -0.497 e. The third kappa shape index (κ3) is 5.73. The van der Waals surface area contributed by atoms with E-state index in [2.05, 4.69) is 57.3 Å². The van der Waals surface area contributed by atoms with E-state index in [4.69, 9.17) is 9.47 Å². The van der Waals surface area contributed by atoms with Gasteiger partial charge in [-0.15, -0.1) is 17.7 Å². The minimum absolute atomic E-state index is 0.166. The number of aliphatic hydroxyl groups is 1. The SMILES string of the molecule is CC#CC(O)[C@H]1O[C@@H](n2c3c(sc2=O)C=NC(NNC(c2ccccc2)(c2ccccc2)c2ccc(OC)cc2)N3)CS1. The van der Waals surface area contributed by atoms with Gasteiger partial charge in [-0.1, -0.05) is 90.1 Å². The molecule has 0 bridgehead atoms. The molecular formula is C32H31N5O4S2. The monoisotopic (exact) mass is 613 g/mol. The van der Waals surface area contributed by atoms with Crippen LogP contribution in [0.5, 0.6) is 5.75 Å². The Morgan fingerprint density at radius 3 is 2.35 bits per heavy atom. The number of thioether (sulfide) groups is 1. The molecule has 3 aromatic carbocycles. The molecule has 2 aliphatic rings. The molecule has 0 amide bonds. The third-order valence-electron chi connectivity index (χ3n) is 7.35. The molecule has 0 saturated carbocycles. The van der Waals surface area contributed by atoms with Crippen molar-refractivity contribution in [2.75, 3.05) is 18.2 Å². The van der Waals surface area contributed by atoms with E-state index in [9.17, 15) is 9.90 Å². The van der Waals surface area contributed by atoms with E-state index in [1.165, 1.54) is 11.8 Å². The van der Waals surface area contributed by atoms with E-state index < -0.39 is 29.6 Å². The van der Waals surface area contributed by atoms with Gasteiger partial charge in [0.1, 0.15) is 34.9 Å². The second kappa shape index (κ2) is 12.8. The average molecular weight is 614 g/mol. The van der Waals surface area contributed by atoms with E-state index >= 15 is 0 Å². The molecule has 0 radical (unpaired) electrons. The standard InChI is InChI=1S/C32H31N5O4S2/c1-3-10-25(38)29-41-27(20-42-29)37-28-26(43-31(37)39)19-33-30(34-28)35-36-32(21-11-6-4-7-12-21,22-13-8-5-9-14-22)23-15-17-24(40-2)18-16-23/h4-9,11-19,25,27,29-30,34-36,38H,20H2,1-2H3/t25?,27-,29+,30?/m1/s1. The molecule has 1 saturated heterocycles. The van der Waals surface area contributed by atoms with Crippen LogP contribution in [-0.2, 0) is 10.3 Å². The number of aliphatic imine (C=N–C) groups is 1. The Balaban J connectivity index is 1.31. The van der Waals surface area contributed by atoms with Gasteiger partial charge in [-0.25, -0.2) is 10.9 Å². The van der Waals surface area contributed by atoms with Gasteiger partial charge in [0, 0.05) is 12.0 Å². The predicted molar refractivity (Wildman–Crippen MR) is 171 cm³/mol. The molecule has 0 aliphatic carbocycles. The highest BCUT2D eigenvalue weighted by atomic mass is 32.2. The number of nitrogens with zero attached hydrogens (tertiary/aromatic N) is 2. The van der Waals surface area contributed by atoms with Crippen LogP contribution in [0.3, 0.4) is 0 Å². The zero-order valence-corrected chi connectivity index (χ0v) is 25.2. The van der Waals surface area contributed by atoms with Gasteiger partial charge in [-0.05, 0) is 35.7 Å². The zero-order valence-electron chi connectivity index (χ0n) is 23.6. The Hall–Kier alpha value is -3.89. The molecule has 1 fully saturated rings. The van der Waals surface area contributed by atoms with Crippen molar-refractivity contribution in [1.82, 2.24) is 15.4 Å². The second-order valence-electron chi connectivity index (χ2n) is 9.89. The van der Waals surface area contributed by atoms with Crippen molar-refractivity contribution in [1.29, 1.82) is 0 Å². The van der Waals surface area contributed by atoms with Crippen molar-refractivity contribution in [3.63, 3.8) is 0 Å². The smallest absolute Gasteiger partial charge is 0.311 e. The van der Waals surface area contributed by atoms with Gasteiger partial charge in [0.2, 0.25) is 0 Å². The maximum Gasteiger partial charge on any atom is 0.311 e. The number of nitrogens with one attached hydrogen (secondary N) is 3. The van der Waals surface area contributed by atoms with E-state index in [-0.39, 0.29) is 4.87 Å². The number of hydrogen-bond acceptors (Lipinski definition) is 10. The molecular weight excluding hydrogens is 583 g/mol. The number of hydrazine groups is 1. The topological polar surface area (TPSA) is 109 Å². The number of hydrogen-bond donors (Lipinski definition) is 4. The number of ether oxygens (including phenoxy) is 2. The fourth-order valence-corrected chi connectivity index (χ4v) is 7.21. The van der Waals surface area contributed by atoms with Gasteiger partial charge in [0.15, 0.2) is 6.29 Å². The van der Waals surface area contributed by atoms with Crippen molar-refractivity contribution in [3.8, 4) is 17.6 Å². The summed E-state index contributed by atoms with van der Waals surface area (Å²) in [5.74, 6) is 7.33. The summed E-state index contributed by atoms with van der Waals surface area (Å²) in [7, 11) is 1.65. The lowest BCUT2D eigenvalue weighted by Crippen LogP contribution is -2.56. The summed E-state index contributed by atoms with van der Waals surface area (Å²) in [6.45, 7) is 1.67. The Bertz CT molecular complexity index is 1660. The van der Waals surface area contributed by atoms with Crippen LogP contribution in [0, 0.1) is 11.8 Å². The second-order valence-corrected chi connectivity index (χ2v) is 12.0. The number of thiazole rings is 1. The number of aliphatic hydroxyl groups excluding tert-OH is 1. The predicted octanol–water partition coefficient (Wildman–Crippen LogP) is 4.11. The summed E-state index contributed by atoms with van der Waals surface area (Å²) < 4.78 is 13.1. The molecule has 1 aromatic heterocycles. The van der Waals surface area contributed by atoms with Gasteiger partial charge in [0.25, 0.3) is 0 Å². The molecule has 9 nitrogen and oxygen atoms in total. The number of benzene rings is 3. The summed E-state index contributed by atoms with van der Waals surface area (Å²) in [6.07, 6.45) is -0.389. The van der Waals surface area contributed by atoms with Gasteiger partial charge >= 0.3 is 4.87 Å². The molecule has 220 valence electrons. The zero-order chi connectivity index (χ0) is 29.8. The Morgan fingerprint density at radius 2 is 1.72 bits per heavy atom. The number of anilines is 1. The van der Waals surface area contributed by atoms with Crippen LogP contribution in [-0.4, -0.2) is 46.6 Å². The molecule has 11 heteroatoms. The Morgan fingerprint density at radius 1 is 1.07 bits per heavy atom. The van der Waals surface area contributed by atoms with Crippen LogP contribution in [0.1, 0.15) is 34.7 Å². The lowest BCUT2D eigenvalue weighted by molar-refractivity contribution is -0.0213. The van der Waals surface area contributed by atoms with Crippen LogP contribution in [0.4, 0.5) is 5.82 Å². The quantitative estimate of drug-likeness (QED) is 0.127. The normalized spacial score (nSPS) is 20.0. The molecule has 43 heavy (non-hydrogen) atoms. The molecule has 2 unspecified atom stereocenters. The van der Waals surface area contributed by atoms with E-state index in [1.54, 1.807) is 24.8 Å². The van der Waals surface area contributed by atoms with Gasteiger partial charge in [-0.3, -0.25) is 14.4 Å². The van der Waals surface area contributed by atoms with Crippen molar-refractivity contribution in [2.24, 2.45) is 4.99 Å². The number of methoxy groups -OCH3 is 1. The summed E-state index contributed by atoms with van der Waals surface area (Å²) in [5, 5.41) is 13.7. The average Bonchev–Trinajstić information content (AvgIpc) is 3.66. The molecule has 0 spiro atoms. The first-order valence-corrected chi connectivity index (χ1v) is 15.6. The fourth-order valence-electron chi connectivity index (χ4n) is 5.31. The van der Waals surface area contributed by atoms with Gasteiger partial charge in [0.05, 0.1) is 12.0 Å². The summed E-state index contributed by atoms with van der Waals surface area (Å²) in [4.78, 5) is 18.3. The van der Waals surface area contributed by atoms with Crippen LogP contribution < -0.4 is 25.8 Å². The van der Waals surface area contributed by atoms with Crippen molar-refractivity contribution < 1.29 is 14.6 Å². The highest BCUT2D eigenvalue weighted by Crippen LogP contribution is 2.38. The largest absolute Gasteiger partial charge is 0.497 e. The maximum absolute atomic E-state index is 13.1. The molecule has 4 aromatic rings. The summed E-state index contributed by atoms with van der Waals surface area (Å²) in [5.41, 5.74) is 8.69. The van der Waals surface area contributed by atoms with Crippen LogP contribution in [0.15, 0.2) is 94.7 Å². The van der Waals surface area contributed by atoms with E-state index in [0.29, 0.717) is 16.4 Å². The Kier molecular flexibility index (Phi) is 8.67. The molecule has 4 N–H and O–H groups in total. The molecule has 3 heterocycles. The van der Waals surface area contributed by atoms with Crippen LogP contribution >= 0.6 is 23.1 Å². The van der Waals surface area contributed by atoms with Crippen molar-refractivity contribution in [3.05, 3.63) is 116 Å². The lowest BCUT2D eigenvalue weighted by Gasteiger charge is -2.38. The number of aromatic nitrogens is 1. The van der Waals surface area contributed by atoms with Gasteiger partial charge < -0.3 is 19.9 Å². The number of fused-ring (bicyclic) bond motifs is 1. The maximum atomic E-state index is 13.1. The summed E-state index contributed by atoms with van der Waals surface area (Å²) in [6, 6.07) is 28.4. The lowest BCUT2D eigenvalue weighted by atomic mass is 9.77. The molecule has 4 atom stereocenters. The molecule has 6 rings (SSSR count). The molecule has 2 aliphatic heterocycles. The first kappa shape index (κ1) is 29.2. The summed E-state index contributed by atoms with van der Waals surface area (Å²) >= 11 is 2.54. The van der Waals surface area contributed by atoms with Crippen molar-refractivity contribution >= 4 is 35.1 Å². The Labute approximate surface area is 257 Å². The van der Waals surface area contributed by atoms with Crippen LogP contribution in [0.25, 0.3) is 0 Å². The minimum atomic E-state index is -0.930. The first-order chi connectivity index (χ1) is 21.0. The highest BCUT2D eigenvalue weighted by molar-refractivity contribution is 8.00.